The van der Waals surface area contributed by atoms with Crippen molar-refractivity contribution in [2.75, 3.05) is 19.6 Å². The van der Waals surface area contributed by atoms with Crippen LogP contribution in [-0.2, 0) is 16.4 Å². The van der Waals surface area contributed by atoms with Crippen LogP contribution in [0.4, 0.5) is 0 Å². The zero-order valence-electron chi connectivity index (χ0n) is 17.2. The molecule has 0 spiro atoms. The van der Waals surface area contributed by atoms with Crippen LogP contribution in [0, 0.1) is 0 Å². The van der Waals surface area contributed by atoms with Gasteiger partial charge in [0.25, 0.3) is 0 Å². The number of rotatable bonds is 7. The number of fused-ring (bicyclic) bond motifs is 2. The van der Waals surface area contributed by atoms with E-state index in [4.69, 9.17) is 4.52 Å². The van der Waals surface area contributed by atoms with Crippen LogP contribution in [0.2, 0.25) is 0 Å². The first-order valence-electron chi connectivity index (χ1n) is 10.7. The number of likely N-dealkylation sites (tertiary alicyclic amines) is 1. The standard InChI is InChI=1S/C24H25N3O3S/c28-31(29,24-13-5-8-18-7-1-2-9-20(18)24)26-19-14-16-27(17-19)15-6-11-22-21-10-3-4-12-23(21)30-25-22/h1-5,7-10,12-13,19,26H,6,11,14-17H2/t19-/m0/s1. The molecule has 1 aliphatic rings. The summed E-state index contributed by atoms with van der Waals surface area (Å²) in [4.78, 5) is 2.67. The van der Waals surface area contributed by atoms with Crippen LogP contribution in [0.3, 0.4) is 0 Å². The molecule has 5 rings (SSSR count). The van der Waals surface area contributed by atoms with Gasteiger partial charge in [0.2, 0.25) is 10.0 Å². The van der Waals surface area contributed by atoms with Gasteiger partial charge in [0.05, 0.1) is 10.6 Å². The van der Waals surface area contributed by atoms with Crippen molar-refractivity contribution >= 4 is 31.8 Å². The Morgan fingerprint density at radius 2 is 1.77 bits per heavy atom. The van der Waals surface area contributed by atoms with Gasteiger partial charge in [0.15, 0.2) is 5.58 Å². The van der Waals surface area contributed by atoms with E-state index in [2.05, 4.69) is 14.8 Å². The van der Waals surface area contributed by atoms with Crippen LogP contribution >= 0.6 is 0 Å². The lowest BCUT2D eigenvalue weighted by molar-refractivity contribution is 0.326. The Labute approximate surface area is 181 Å². The number of hydrogen-bond acceptors (Lipinski definition) is 5. The lowest BCUT2D eigenvalue weighted by Crippen LogP contribution is -2.37. The predicted molar refractivity (Wildman–Crippen MR) is 121 cm³/mol. The minimum atomic E-state index is -3.57. The Balaban J connectivity index is 1.19. The van der Waals surface area contributed by atoms with Crippen LogP contribution in [0.5, 0.6) is 0 Å². The molecule has 1 saturated heterocycles. The fourth-order valence-corrected chi connectivity index (χ4v) is 5.92. The van der Waals surface area contributed by atoms with Gasteiger partial charge in [-0.25, -0.2) is 13.1 Å². The zero-order chi connectivity index (χ0) is 21.3. The van der Waals surface area contributed by atoms with Crippen LogP contribution in [0.25, 0.3) is 21.7 Å². The molecule has 0 amide bonds. The highest BCUT2D eigenvalue weighted by atomic mass is 32.2. The molecule has 1 N–H and O–H groups in total. The average Bonchev–Trinajstić information content (AvgIpc) is 3.40. The van der Waals surface area contributed by atoms with Crippen molar-refractivity contribution in [2.24, 2.45) is 0 Å². The Hall–Kier alpha value is -2.74. The van der Waals surface area contributed by atoms with Gasteiger partial charge >= 0.3 is 0 Å². The number of hydrogen-bond donors (Lipinski definition) is 1. The molecular formula is C24H25N3O3S. The van der Waals surface area contributed by atoms with E-state index in [0.717, 1.165) is 66.3 Å². The number of nitrogens with one attached hydrogen (secondary N) is 1. The van der Waals surface area contributed by atoms with Gasteiger partial charge < -0.3 is 9.42 Å². The molecule has 7 heteroatoms. The summed E-state index contributed by atoms with van der Waals surface area (Å²) < 4.78 is 34.4. The third-order valence-corrected chi connectivity index (χ3v) is 7.55. The largest absolute Gasteiger partial charge is 0.356 e. The van der Waals surface area contributed by atoms with E-state index in [-0.39, 0.29) is 6.04 Å². The van der Waals surface area contributed by atoms with E-state index < -0.39 is 10.0 Å². The van der Waals surface area contributed by atoms with Crippen molar-refractivity contribution in [1.82, 2.24) is 14.8 Å². The Morgan fingerprint density at radius 3 is 2.68 bits per heavy atom. The molecule has 4 aromatic rings. The monoisotopic (exact) mass is 435 g/mol. The minimum Gasteiger partial charge on any atom is -0.356 e. The van der Waals surface area contributed by atoms with Crippen molar-refractivity contribution in [2.45, 2.75) is 30.2 Å². The molecule has 0 aliphatic carbocycles. The summed E-state index contributed by atoms with van der Waals surface area (Å²) in [6, 6.07) is 20.8. The summed E-state index contributed by atoms with van der Waals surface area (Å²) in [6.07, 6.45) is 2.62. The van der Waals surface area contributed by atoms with Crippen LogP contribution in [-0.4, -0.2) is 44.2 Å². The van der Waals surface area contributed by atoms with Gasteiger partial charge in [-0.3, -0.25) is 0 Å². The summed E-state index contributed by atoms with van der Waals surface area (Å²) in [6.45, 7) is 2.53. The molecule has 0 saturated carbocycles. The second-order valence-corrected chi connectivity index (χ2v) is 9.80. The van der Waals surface area contributed by atoms with Gasteiger partial charge in [-0.15, -0.1) is 0 Å². The van der Waals surface area contributed by atoms with Gasteiger partial charge in [0, 0.05) is 23.4 Å². The maximum atomic E-state index is 13.1. The number of aromatic nitrogens is 1. The van der Waals surface area contributed by atoms with E-state index in [1.165, 1.54) is 0 Å². The fraction of sp³-hybridized carbons (Fsp3) is 0.292. The maximum absolute atomic E-state index is 13.1. The Morgan fingerprint density at radius 1 is 1.00 bits per heavy atom. The third-order valence-electron chi connectivity index (χ3n) is 5.97. The molecule has 2 heterocycles. The second kappa shape index (κ2) is 8.42. The third kappa shape index (κ3) is 4.21. The van der Waals surface area contributed by atoms with E-state index in [9.17, 15) is 8.42 Å². The normalized spacial score (nSPS) is 17.6. The second-order valence-electron chi connectivity index (χ2n) is 8.11. The molecule has 160 valence electrons. The zero-order valence-corrected chi connectivity index (χ0v) is 18.0. The van der Waals surface area contributed by atoms with Crippen molar-refractivity contribution in [3.05, 3.63) is 72.4 Å². The molecule has 6 nitrogen and oxygen atoms in total. The molecule has 1 aliphatic heterocycles. The topological polar surface area (TPSA) is 75.4 Å². The molecule has 1 atom stereocenters. The average molecular weight is 436 g/mol. The molecule has 0 radical (unpaired) electrons. The van der Waals surface area contributed by atoms with Crippen molar-refractivity contribution in [1.29, 1.82) is 0 Å². The first-order chi connectivity index (χ1) is 15.1. The number of para-hydroxylation sites is 1. The molecule has 31 heavy (non-hydrogen) atoms. The van der Waals surface area contributed by atoms with E-state index >= 15 is 0 Å². The lowest BCUT2D eigenvalue weighted by atomic mass is 10.1. The van der Waals surface area contributed by atoms with E-state index in [1.54, 1.807) is 12.1 Å². The number of sulfonamides is 1. The van der Waals surface area contributed by atoms with Crippen LogP contribution in [0.15, 0.2) is 76.1 Å². The SMILES string of the molecule is O=S(=O)(N[C@H]1CCN(CCCc2noc3ccccc23)C1)c1cccc2ccccc12. The van der Waals surface area contributed by atoms with Crippen molar-refractivity contribution < 1.29 is 12.9 Å². The molecule has 1 fully saturated rings. The fourth-order valence-electron chi connectivity index (χ4n) is 4.43. The molecular weight excluding hydrogens is 410 g/mol. The molecule has 0 unspecified atom stereocenters. The maximum Gasteiger partial charge on any atom is 0.241 e. The van der Waals surface area contributed by atoms with Gasteiger partial charge in [-0.1, -0.05) is 53.7 Å². The van der Waals surface area contributed by atoms with Crippen LogP contribution in [0.1, 0.15) is 18.5 Å². The van der Waals surface area contributed by atoms with E-state index in [0.29, 0.717) is 4.90 Å². The Kier molecular flexibility index (Phi) is 5.48. The highest BCUT2D eigenvalue weighted by molar-refractivity contribution is 7.89. The molecule has 1 aromatic heterocycles. The summed E-state index contributed by atoms with van der Waals surface area (Å²) in [5, 5.41) is 6.96. The van der Waals surface area contributed by atoms with Crippen molar-refractivity contribution in [3.8, 4) is 0 Å². The number of benzene rings is 3. The highest BCUT2D eigenvalue weighted by Gasteiger charge is 2.28. The Bertz CT molecular complexity index is 1310. The number of aryl methyl sites for hydroxylation is 1. The molecule has 3 aromatic carbocycles. The smallest absolute Gasteiger partial charge is 0.241 e. The first-order valence-corrected chi connectivity index (χ1v) is 12.1. The predicted octanol–water partition coefficient (Wildman–Crippen LogP) is 3.97. The first kappa shape index (κ1) is 20.2. The van der Waals surface area contributed by atoms with Gasteiger partial charge in [-0.05, 0) is 55.9 Å². The number of nitrogens with zero attached hydrogens (tertiary/aromatic N) is 2. The minimum absolute atomic E-state index is 0.0724. The summed E-state index contributed by atoms with van der Waals surface area (Å²) in [7, 11) is -3.57. The highest BCUT2D eigenvalue weighted by Crippen LogP contribution is 2.24. The lowest BCUT2D eigenvalue weighted by Gasteiger charge is -2.17. The van der Waals surface area contributed by atoms with Crippen LogP contribution < -0.4 is 4.72 Å². The molecule has 0 bridgehead atoms. The van der Waals surface area contributed by atoms with E-state index in [1.807, 2.05) is 54.6 Å². The summed E-state index contributed by atoms with van der Waals surface area (Å²) in [5.41, 5.74) is 1.81. The van der Waals surface area contributed by atoms with Gasteiger partial charge in [0.1, 0.15) is 0 Å². The summed E-state index contributed by atoms with van der Waals surface area (Å²) in [5.74, 6) is 0. The quantitative estimate of drug-likeness (QED) is 0.475. The summed E-state index contributed by atoms with van der Waals surface area (Å²) >= 11 is 0. The van der Waals surface area contributed by atoms with Gasteiger partial charge in [-0.2, -0.15) is 0 Å². The van der Waals surface area contributed by atoms with Crippen molar-refractivity contribution in [3.63, 3.8) is 0 Å².